The summed E-state index contributed by atoms with van der Waals surface area (Å²) in [6, 6.07) is 8.07. The number of para-hydroxylation sites is 1. The largest absolute Gasteiger partial charge is 0.489 e. The van der Waals surface area contributed by atoms with Gasteiger partial charge in [-0.2, -0.15) is 0 Å². The van der Waals surface area contributed by atoms with Crippen molar-refractivity contribution in [1.29, 1.82) is 0 Å². The van der Waals surface area contributed by atoms with Crippen LogP contribution in [0, 0.1) is 6.92 Å². The third-order valence-corrected chi connectivity index (χ3v) is 3.35. The van der Waals surface area contributed by atoms with Crippen LogP contribution in [0.3, 0.4) is 0 Å². The van der Waals surface area contributed by atoms with Gasteiger partial charge in [-0.05, 0) is 59.5 Å². The van der Waals surface area contributed by atoms with E-state index in [4.69, 9.17) is 4.74 Å². The second kappa shape index (κ2) is 10.9. The molecule has 0 heterocycles. The number of nitrogens with one attached hydrogen (secondary N) is 2. The first-order chi connectivity index (χ1) is 11.0. The van der Waals surface area contributed by atoms with Gasteiger partial charge >= 0.3 is 0 Å². The van der Waals surface area contributed by atoms with Crippen molar-refractivity contribution in [3.63, 3.8) is 0 Å². The van der Waals surface area contributed by atoms with Gasteiger partial charge in [-0.15, -0.1) is 0 Å². The Morgan fingerprint density at radius 2 is 2.00 bits per heavy atom. The van der Waals surface area contributed by atoms with E-state index >= 15 is 0 Å². The predicted octanol–water partition coefficient (Wildman–Crippen LogP) is 2.27. The molecule has 1 unspecified atom stereocenters. The summed E-state index contributed by atoms with van der Waals surface area (Å²) in [7, 11) is 4.17. The van der Waals surface area contributed by atoms with E-state index in [0.29, 0.717) is 6.54 Å². The van der Waals surface area contributed by atoms with Gasteiger partial charge in [0.15, 0.2) is 5.96 Å². The Bertz CT molecular complexity index is 474. The van der Waals surface area contributed by atoms with Crippen LogP contribution in [0.5, 0.6) is 5.75 Å². The van der Waals surface area contributed by atoms with Crippen molar-refractivity contribution in [2.45, 2.75) is 33.3 Å². The number of ether oxygens (including phenoxy) is 1. The minimum atomic E-state index is 0.0355. The van der Waals surface area contributed by atoms with E-state index in [2.05, 4.69) is 54.5 Å². The fraction of sp³-hybridized carbons (Fsp3) is 0.611. The number of guanidine groups is 1. The monoisotopic (exact) mass is 320 g/mol. The second-order valence-corrected chi connectivity index (χ2v) is 6.00. The Balaban J connectivity index is 2.44. The van der Waals surface area contributed by atoms with Crippen LogP contribution in [-0.4, -0.2) is 57.2 Å². The molecule has 0 spiro atoms. The molecule has 0 aliphatic carbocycles. The normalized spacial score (nSPS) is 13.0. The number of hydrogen-bond acceptors (Lipinski definition) is 3. The third kappa shape index (κ3) is 8.45. The number of aliphatic imine (C=N–C) groups is 1. The smallest absolute Gasteiger partial charge is 0.191 e. The first kappa shape index (κ1) is 19.3. The van der Waals surface area contributed by atoms with Gasteiger partial charge in [0.25, 0.3) is 0 Å². The fourth-order valence-electron chi connectivity index (χ4n) is 2.11. The molecule has 2 N–H and O–H groups in total. The summed E-state index contributed by atoms with van der Waals surface area (Å²) in [5.74, 6) is 1.78. The average Bonchev–Trinajstić information content (AvgIpc) is 2.51. The Morgan fingerprint density at radius 3 is 2.65 bits per heavy atom. The summed E-state index contributed by atoms with van der Waals surface area (Å²) in [5, 5.41) is 6.63. The van der Waals surface area contributed by atoms with E-state index in [0.717, 1.165) is 43.3 Å². The minimum Gasteiger partial charge on any atom is -0.489 e. The zero-order valence-electron chi connectivity index (χ0n) is 15.2. The molecule has 1 atom stereocenters. The number of nitrogens with zero attached hydrogens (tertiary/aromatic N) is 2. The lowest BCUT2D eigenvalue weighted by molar-refractivity contribution is 0.228. The lowest BCUT2D eigenvalue weighted by atomic mass is 10.2. The molecule has 1 rings (SSSR count). The van der Waals surface area contributed by atoms with Crippen molar-refractivity contribution < 1.29 is 4.74 Å². The molecule has 0 radical (unpaired) electrons. The summed E-state index contributed by atoms with van der Waals surface area (Å²) in [6.07, 6.45) is 1.13. The van der Waals surface area contributed by atoms with Crippen molar-refractivity contribution in [2.75, 3.05) is 40.3 Å². The highest BCUT2D eigenvalue weighted by molar-refractivity contribution is 5.79. The maximum Gasteiger partial charge on any atom is 0.191 e. The molecule has 0 saturated carbocycles. The Labute approximate surface area is 141 Å². The van der Waals surface area contributed by atoms with Crippen molar-refractivity contribution in [3.05, 3.63) is 29.8 Å². The number of rotatable bonds is 9. The SMILES string of the molecule is CCNC(=NCC(C)Oc1ccccc1C)NCCCN(C)C. The van der Waals surface area contributed by atoms with E-state index in [1.807, 2.05) is 25.1 Å². The molecule has 5 heteroatoms. The van der Waals surface area contributed by atoms with Gasteiger partial charge in [-0.3, -0.25) is 0 Å². The molecule has 0 amide bonds. The maximum absolute atomic E-state index is 5.96. The van der Waals surface area contributed by atoms with Crippen LogP contribution in [0.25, 0.3) is 0 Å². The molecule has 5 nitrogen and oxygen atoms in total. The van der Waals surface area contributed by atoms with Crippen LogP contribution >= 0.6 is 0 Å². The zero-order valence-corrected chi connectivity index (χ0v) is 15.2. The molecule has 0 fully saturated rings. The molecule has 23 heavy (non-hydrogen) atoms. The summed E-state index contributed by atoms with van der Waals surface area (Å²) in [5.41, 5.74) is 1.15. The van der Waals surface area contributed by atoms with Crippen molar-refractivity contribution in [2.24, 2.45) is 4.99 Å². The van der Waals surface area contributed by atoms with Crippen LogP contribution in [0.2, 0.25) is 0 Å². The van der Waals surface area contributed by atoms with Gasteiger partial charge in [0.1, 0.15) is 11.9 Å². The van der Waals surface area contributed by atoms with Crippen molar-refractivity contribution >= 4 is 5.96 Å². The molecule has 1 aromatic carbocycles. The van der Waals surface area contributed by atoms with Gasteiger partial charge < -0.3 is 20.3 Å². The molecular formula is C18H32N4O. The highest BCUT2D eigenvalue weighted by Crippen LogP contribution is 2.17. The summed E-state index contributed by atoms with van der Waals surface area (Å²) in [6.45, 7) is 9.64. The summed E-state index contributed by atoms with van der Waals surface area (Å²) >= 11 is 0. The van der Waals surface area contributed by atoms with Gasteiger partial charge in [0.2, 0.25) is 0 Å². The quantitative estimate of drug-likeness (QED) is 0.416. The van der Waals surface area contributed by atoms with Gasteiger partial charge in [-0.1, -0.05) is 18.2 Å². The third-order valence-electron chi connectivity index (χ3n) is 3.35. The Morgan fingerprint density at radius 1 is 1.26 bits per heavy atom. The maximum atomic E-state index is 5.96. The van der Waals surface area contributed by atoms with Crippen LogP contribution in [-0.2, 0) is 0 Å². The molecule has 0 aromatic heterocycles. The zero-order chi connectivity index (χ0) is 17.1. The van der Waals surface area contributed by atoms with Crippen LogP contribution < -0.4 is 15.4 Å². The van der Waals surface area contributed by atoms with Crippen LogP contribution in [0.1, 0.15) is 25.8 Å². The molecule has 0 saturated heterocycles. The molecular weight excluding hydrogens is 288 g/mol. The average molecular weight is 320 g/mol. The van der Waals surface area contributed by atoms with E-state index in [9.17, 15) is 0 Å². The highest BCUT2D eigenvalue weighted by atomic mass is 16.5. The molecule has 0 aliphatic rings. The number of benzene rings is 1. The Hall–Kier alpha value is -1.75. The lowest BCUT2D eigenvalue weighted by Gasteiger charge is -2.16. The van der Waals surface area contributed by atoms with E-state index < -0.39 is 0 Å². The van der Waals surface area contributed by atoms with E-state index in [1.165, 1.54) is 0 Å². The van der Waals surface area contributed by atoms with Crippen molar-refractivity contribution in [1.82, 2.24) is 15.5 Å². The number of aryl methyl sites for hydroxylation is 1. The van der Waals surface area contributed by atoms with Gasteiger partial charge in [0.05, 0.1) is 6.54 Å². The fourth-order valence-corrected chi connectivity index (χ4v) is 2.11. The summed E-state index contributed by atoms with van der Waals surface area (Å²) in [4.78, 5) is 6.80. The first-order valence-electron chi connectivity index (χ1n) is 8.42. The van der Waals surface area contributed by atoms with Crippen LogP contribution in [0.4, 0.5) is 0 Å². The topological polar surface area (TPSA) is 48.9 Å². The Kier molecular flexibility index (Phi) is 9.14. The molecule has 1 aromatic rings. The second-order valence-electron chi connectivity index (χ2n) is 6.00. The predicted molar refractivity (Wildman–Crippen MR) is 98.4 cm³/mol. The van der Waals surface area contributed by atoms with Crippen molar-refractivity contribution in [3.8, 4) is 5.75 Å². The highest BCUT2D eigenvalue weighted by Gasteiger charge is 2.06. The van der Waals surface area contributed by atoms with E-state index in [-0.39, 0.29) is 6.10 Å². The first-order valence-corrected chi connectivity index (χ1v) is 8.42. The summed E-state index contributed by atoms with van der Waals surface area (Å²) < 4.78 is 5.96. The lowest BCUT2D eigenvalue weighted by Crippen LogP contribution is -2.39. The molecule has 130 valence electrons. The van der Waals surface area contributed by atoms with E-state index in [1.54, 1.807) is 0 Å². The minimum absolute atomic E-state index is 0.0355. The van der Waals surface area contributed by atoms with Gasteiger partial charge in [-0.25, -0.2) is 4.99 Å². The molecule has 0 bridgehead atoms. The van der Waals surface area contributed by atoms with Crippen LogP contribution in [0.15, 0.2) is 29.3 Å². The molecule has 0 aliphatic heterocycles. The standard InChI is InChI=1S/C18H32N4O/c1-6-19-18(20-12-9-13-22(4)5)21-14-16(3)23-17-11-8-7-10-15(17)2/h7-8,10-11,16H,6,9,12-14H2,1-5H3,(H2,19,20,21). The van der Waals surface area contributed by atoms with Gasteiger partial charge in [0, 0.05) is 13.1 Å². The number of hydrogen-bond donors (Lipinski definition) is 2.